The van der Waals surface area contributed by atoms with E-state index in [1.54, 1.807) is 0 Å². The Morgan fingerprint density at radius 3 is 2.45 bits per heavy atom. The van der Waals surface area contributed by atoms with Crippen molar-refractivity contribution in [2.75, 3.05) is 0 Å². The minimum Gasteiger partial charge on any atom is -0.248 e. The number of terminal acetylenes is 1. The van der Waals surface area contributed by atoms with E-state index in [9.17, 15) is 0 Å². The maximum atomic E-state index is 5.23. The van der Waals surface area contributed by atoms with Crippen LogP contribution in [0.1, 0.15) is 27.2 Å². The van der Waals surface area contributed by atoms with Gasteiger partial charge in [-0.1, -0.05) is 32.8 Å². The molecule has 1 aliphatic heterocycles. The molecule has 1 nitrogen and oxygen atoms in total. The molecule has 0 atom stereocenters. The van der Waals surface area contributed by atoms with Gasteiger partial charge in [0.25, 0.3) is 0 Å². The normalized spacial score (nSPS) is 17.3. The zero-order valence-electron chi connectivity index (χ0n) is 7.31. The number of rotatable bonds is 0. The van der Waals surface area contributed by atoms with E-state index in [1.807, 2.05) is 0 Å². The number of aliphatic imine (C=N–C) groups is 1. The SMILES string of the molecule is C#CC1=NC(C(C)(C)C)=CC1. The Kier molecular flexibility index (Phi) is 1.87. The summed E-state index contributed by atoms with van der Waals surface area (Å²) in [6, 6.07) is 0. The van der Waals surface area contributed by atoms with E-state index in [-0.39, 0.29) is 5.41 Å². The average Bonchev–Trinajstić information content (AvgIpc) is 2.32. The first-order valence-electron chi connectivity index (χ1n) is 3.79. The van der Waals surface area contributed by atoms with Crippen molar-refractivity contribution in [2.24, 2.45) is 10.4 Å². The zero-order chi connectivity index (χ0) is 8.48. The van der Waals surface area contributed by atoms with Gasteiger partial charge in [-0.05, 0) is 0 Å². The van der Waals surface area contributed by atoms with Crippen molar-refractivity contribution in [3.63, 3.8) is 0 Å². The fourth-order valence-corrected chi connectivity index (χ4v) is 0.995. The summed E-state index contributed by atoms with van der Waals surface area (Å²) in [6.45, 7) is 6.42. The maximum absolute atomic E-state index is 5.23. The Labute approximate surface area is 68.2 Å². The lowest BCUT2D eigenvalue weighted by molar-refractivity contribution is 0.500. The summed E-state index contributed by atoms with van der Waals surface area (Å²) in [5, 5.41) is 0. The third kappa shape index (κ3) is 1.71. The standard InChI is InChI=1S/C10H13N/c1-5-8-6-7-9(11-8)10(2,3)4/h1,7H,6H2,2-4H3. The van der Waals surface area contributed by atoms with Crippen molar-refractivity contribution in [2.45, 2.75) is 27.2 Å². The lowest BCUT2D eigenvalue weighted by Gasteiger charge is -2.16. The molecule has 1 aliphatic rings. The lowest BCUT2D eigenvalue weighted by Crippen LogP contribution is -2.06. The van der Waals surface area contributed by atoms with Gasteiger partial charge < -0.3 is 0 Å². The second-order valence-corrected chi connectivity index (χ2v) is 3.75. The third-order valence-electron chi connectivity index (χ3n) is 1.68. The summed E-state index contributed by atoms with van der Waals surface area (Å²) in [5.41, 5.74) is 2.11. The van der Waals surface area contributed by atoms with Crippen molar-refractivity contribution < 1.29 is 0 Å². The molecule has 1 rings (SSSR count). The second-order valence-electron chi connectivity index (χ2n) is 3.75. The minimum atomic E-state index is 0.137. The molecular formula is C10H13N. The topological polar surface area (TPSA) is 12.4 Å². The van der Waals surface area contributed by atoms with E-state index in [1.165, 1.54) is 0 Å². The third-order valence-corrected chi connectivity index (χ3v) is 1.68. The molecule has 0 unspecified atom stereocenters. The van der Waals surface area contributed by atoms with Crippen molar-refractivity contribution in [3.05, 3.63) is 11.8 Å². The first-order valence-corrected chi connectivity index (χ1v) is 3.79. The molecule has 0 aromatic heterocycles. The molecule has 1 heteroatoms. The molecule has 0 amide bonds. The summed E-state index contributed by atoms with van der Waals surface area (Å²) < 4.78 is 0. The highest BCUT2D eigenvalue weighted by Gasteiger charge is 2.19. The van der Waals surface area contributed by atoms with Crippen molar-refractivity contribution in [1.29, 1.82) is 0 Å². The summed E-state index contributed by atoms with van der Waals surface area (Å²) in [5.74, 6) is 2.56. The molecule has 0 bridgehead atoms. The lowest BCUT2D eigenvalue weighted by atomic mass is 9.92. The fraction of sp³-hybridized carbons (Fsp3) is 0.500. The monoisotopic (exact) mass is 147 g/mol. The zero-order valence-corrected chi connectivity index (χ0v) is 7.31. The van der Waals surface area contributed by atoms with Gasteiger partial charge in [0.15, 0.2) is 0 Å². The fourth-order valence-electron chi connectivity index (χ4n) is 0.995. The Morgan fingerprint density at radius 1 is 1.55 bits per heavy atom. The van der Waals surface area contributed by atoms with Crippen molar-refractivity contribution in [3.8, 4) is 12.3 Å². The number of allylic oxidation sites excluding steroid dienone is 2. The molecule has 0 saturated heterocycles. The Balaban J connectivity index is 2.82. The van der Waals surface area contributed by atoms with Crippen LogP contribution >= 0.6 is 0 Å². The Hall–Kier alpha value is -1.03. The molecule has 0 saturated carbocycles. The van der Waals surface area contributed by atoms with Gasteiger partial charge in [-0.15, -0.1) is 6.42 Å². The van der Waals surface area contributed by atoms with E-state index >= 15 is 0 Å². The van der Waals surface area contributed by atoms with Crippen LogP contribution in [-0.4, -0.2) is 5.71 Å². The van der Waals surface area contributed by atoms with Gasteiger partial charge >= 0.3 is 0 Å². The van der Waals surface area contributed by atoms with E-state index in [4.69, 9.17) is 6.42 Å². The first kappa shape index (κ1) is 8.07. The summed E-state index contributed by atoms with van der Waals surface area (Å²) >= 11 is 0. The van der Waals surface area contributed by atoms with Crippen LogP contribution in [0.5, 0.6) is 0 Å². The molecule has 0 N–H and O–H groups in total. The number of hydrogen-bond acceptors (Lipinski definition) is 1. The summed E-state index contributed by atoms with van der Waals surface area (Å²) in [4.78, 5) is 4.32. The minimum absolute atomic E-state index is 0.137. The predicted octanol–water partition coefficient (Wildman–Crippen LogP) is 2.39. The quantitative estimate of drug-likeness (QED) is 0.466. The molecule has 0 radical (unpaired) electrons. The van der Waals surface area contributed by atoms with E-state index < -0.39 is 0 Å². The van der Waals surface area contributed by atoms with Crippen LogP contribution in [0.2, 0.25) is 0 Å². The van der Waals surface area contributed by atoms with Crippen LogP contribution in [0.4, 0.5) is 0 Å². The van der Waals surface area contributed by atoms with Crippen LogP contribution in [0.15, 0.2) is 16.8 Å². The number of nitrogens with zero attached hydrogens (tertiary/aromatic N) is 1. The molecule has 0 aromatic carbocycles. The van der Waals surface area contributed by atoms with Gasteiger partial charge in [-0.3, -0.25) is 0 Å². The molecule has 0 aliphatic carbocycles. The summed E-state index contributed by atoms with van der Waals surface area (Å²) in [6.07, 6.45) is 8.17. The smallest absolute Gasteiger partial charge is 0.0938 e. The number of hydrogen-bond donors (Lipinski definition) is 0. The molecule has 0 fully saturated rings. The molecular weight excluding hydrogens is 134 g/mol. The van der Waals surface area contributed by atoms with Crippen LogP contribution in [0, 0.1) is 17.8 Å². The van der Waals surface area contributed by atoms with Crippen LogP contribution in [0.3, 0.4) is 0 Å². The highest BCUT2D eigenvalue weighted by atomic mass is 14.8. The predicted molar refractivity (Wildman–Crippen MR) is 48.4 cm³/mol. The molecule has 0 spiro atoms. The molecule has 0 aromatic rings. The van der Waals surface area contributed by atoms with Gasteiger partial charge in [0, 0.05) is 17.5 Å². The molecule has 58 valence electrons. The average molecular weight is 147 g/mol. The Bertz CT molecular complexity index is 256. The van der Waals surface area contributed by atoms with Gasteiger partial charge in [-0.25, -0.2) is 4.99 Å². The summed E-state index contributed by atoms with van der Waals surface area (Å²) in [7, 11) is 0. The van der Waals surface area contributed by atoms with Gasteiger partial charge in [-0.2, -0.15) is 0 Å². The van der Waals surface area contributed by atoms with E-state index in [2.05, 4.69) is 37.8 Å². The first-order chi connectivity index (χ1) is 5.04. The highest BCUT2D eigenvalue weighted by Crippen LogP contribution is 2.29. The Morgan fingerprint density at radius 2 is 2.18 bits per heavy atom. The van der Waals surface area contributed by atoms with Crippen LogP contribution in [0.25, 0.3) is 0 Å². The van der Waals surface area contributed by atoms with Gasteiger partial charge in [0.05, 0.1) is 5.71 Å². The van der Waals surface area contributed by atoms with Crippen LogP contribution in [-0.2, 0) is 0 Å². The highest BCUT2D eigenvalue weighted by molar-refractivity contribution is 6.02. The van der Waals surface area contributed by atoms with Crippen molar-refractivity contribution >= 4 is 5.71 Å². The van der Waals surface area contributed by atoms with Gasteiger partial charge in [0.2, 0.25) is 0 Å². The molecule has 1 heterocycles. The largest absolute Gasteiger partial charge is 0.248 e. The van der Waals surface area contributed by atoms with E-state index in [0.717, 1.165) is 17.8 Å². The molecule has 11 heavy (non-hydrogen) atoms. The van der Waals surface area contributed by atoms with Gasteiger partial charge in [0.1, 0.15) is 0 Å². The van der Waals surface area contributed by atoms with Crippen molar-refractivity contribution in [1.82, 2.24) is 0 Å². The van der Waals surface area contributed by atoms with Crippen LogP contribution < -0.4 is 0 Å². The second kappa shape index (κ2) is 2.54. The maximum Gasteiger partial charge on any atom is 0.0938 e. The van der Waals surface area contributed by atoms with E-state index in [0.29, 0.717) is 0 Å².